The van der Waals surface area contributed by atoms with E-state index >= 15 is 0 Å². The number of benzene rings is 14. The highest BCUT2D eigenvalue weighted by atomic mass is 15.1. The minimum absolute atomic E-state index is 1.08. The molecule has 2 nitrogen and oxygen atoms in total. The van der Waals surface area contributed by atoms with Gasteiger partial charge >= 0.3 is 0 Å². The molecule has 0 amide bonds. The number of rotatable bonds is 10. The van der Waals surface area contributed by atoms with Gasteiger partial charge in [-0.1, -0.05) is 243 Å². The smallest absolute Gasteiger partial charge is 0.0540 e. The summed E-state index contributed by atoms with van der Waals surface area (Å²) in [7, 11) is 0. The van der Waals surface area contributed by atoms with Crippen LogP contribution < -0.4 is 9.80 Å². The third-order valence-corrected chi connectivity index (χ3v) is 15.2. The zero-order chi connectivity index (χ0) is 50.4. The molecule has 0 atom stereocenters. The summed E-state index contributed by atoms with van der Waals surface area (Å²) in [5.41, 5.74) is 16.0. The van der Waals surface area contributed by atoms with Gasteiger partial charge in [-0.3, -0.25) is 0 Å². The van der Waals surface area contributed by atoms with Gasteiger partial charge < -0.3 is 9.80 Å². The van der Waals surface area contributed by atoms with Crippen molar-refractivity contribution >= 4 is 88.0 Å². The summed E-state index contributed by atoms with van der Waals surface area (Å²) >= 11 is 0. The number of hydrogen-bond donors (Lipinski definition) is 0. The molecular weight excluding hydrogens is 917 g/mol. The lowest BCUT2D eigenvalue weighted by Crippen LogP contribution is -2.10. The molecule has 356 valence electrons. The van der Waals surface area contributed by atoms with E-state index in [4.69, 9.17) is 0 Å². The third kappa shape index (κ3) is 7.66. The van der Waals surface area contributed by atoms with Gasteiger partial charge in [-0.05, 0) is 148 Å². The largest absolute Gasteiger partial charge is 0.310 e. The zero-order valence-corrected chi connectivity index (χ0v) is 41.8. The highest BCUT2D eigenvalue weighted by Crippen LogP contribution is 2.55. The molecular formula is C74H50N2. The molecule has 0 radical (unpaired) electrons. The molecule has 2 heteroatoms. The zero-order valence-electron chi connectivity index (χ0n) is 41.8. The molecule has 0 N–H and O–H groups in total. The van der Waals surface area contributed by atoms with E-state index in [9.17, 15) is 0 Å². The van der Waals surface area contributed by atoms with Gasteiger partial charge in [0, 0.05) is 33.5 Å². The lowest BCUT2D eigenvalue weighted by Gasteiger charge is -2.29. The first-order valence-corrected chi connectivity index (χ1v) is 26.2. The summed E-state index contributed by atoms with van der Waals surface area (Å²) in [6.45, 7) is 0. The van der Waals surface area contributed by atoms with Gasteiger partial charge in [0.2, 0.25) is 0 Å². The first-order valence-electron chi connectivity index (χ1n) is 26.2. The average molecular weight is 967 g/mol. The van der Waals surface area contributed by atoms with Crippen LogP contribution in [-0.2, 0) is 0 Å². The van der Waals surface area contributed by atoms with Crippen molar-refractivity contribution in [1.82, 2.24) is 0 Å². The average Bonchev–Trinajstić information content (AvgIpc) is 3.67. The maximum atomic E-state index is 2.40. The van der Waals surface area contributed by atoms with Gasteiger partial charge in [0.25, 0.3) is 0 Å². The molecule has 0 aliphatic heterocycles. The van der Waals surface area contributed by atoms with E-state index in [1.807, 2.05) is 0 Å². The Hall–Kier alpha value is -10.0. The van der Waals surface area contributed by atoms with Crippen LogP contribution in [0.15, 0.2) is 303 Å². The molecule has 0 fully saturated rings. The topological polar surface area (TPSA) is 6.48 Å². The standard InChI is InChI=1S/C74H50N2/c1-5-25-53(26-6-1)71-69(55-43-47-59(48-44-55)75(57-31-9-3-10-32-57)67-41-21-29-51-23-13-15-35-61(51)67)70(72(54-27-7-2-8-28-54)74-66-40-20-18-38-64(66)63-37-17-19-39-65(63)73(71)74)56-45-49-60(50-46-56)76(58-33-11-4-12-34-58)68-42-22-30-52-24-14-16-36-62(52)68/h1-50H. The van der Waals surface area contributed by atoms with E-state index in [1.54, 1.807) is 0 Å². The van der Waals surface area contributed by atoms with Crippen LogP contribution in [-0.4, -0.2) is 0 Å². The number of hydrogen-bond acceptors (Lipinski definition) is 2. The van der Waals surface area contributed by atoms with E-state index in [0.29, 0.717) is 0 Å². The molecule has 0 bridgehead atoms. The molecule has 0 spiro atoms. The summed E-state index contributed by atoms with van der Waals surface area (Å²) in [5.74, 6) is 0. The first-order chi connectivity index (χ1) is 37.8. The van der Waals surface area contributed by atoms with Crippen LogP contribution in [0.5, 0.6) is 0 Å². The van der Waals surface area contributed by atoms with Crippen LogP contribution >= 0.6 is 0 Å². The highest BCUT2D eigenvalue weighted by Gasteiger charge is 2.28. The van der Waals surface area contributed by atoms with Crippen molar-refractivity contribution in [3.63, 3.8) is 0 Å². The fraction of sp³-hybridized carbons (Fsp3) is 0. The second-order valence-electron chi connectivity index (χ2n) is 19.5. The van der Waals surface area contributed by atoms with Crippen LogP contribution in [0.3, 0.4) is 0 Å². The Balaban J connectivity index is 1.09. The van der Waals surface area contributed by atoms with Crippen molar-refractivity contribution in [3.05, 3.63) is 303 Å². The lowest BCUT2D eigenvalue weighted by molar-refractivity contribution is 1.30. The first kappa shape index (κ1) is 44.7. The van der Waals surface area contributed by atoms with Crippen molar-refractivity contribution in [2.75, 3.05) is 9.80 Å². The van der Waals surface area contributed by atoms with Crippen LogP contribution in [0.2, 0.25) is 0 Å². The fourth-order valence-corrected chi connectivity index (χ4v) is 11.9. The molecule has 14 aromatic rings. The van der Waals surface area contributed by atoms with E-state index in [-0.39, 0.29) is 0 Å². The van der Waals surface area contributed by atoms with E-state index in [2.05, 4.69) is 313 Å². The predicted octanol–water partition coefficient (Wildman–Crippen LogP) is 21.1. The summed E-state index contributed by atoms with van der Waals surface area (Å²) in [6, 6.07) is 111. The summed E-state index contributed by atoms with van der Waals surface area (Å²) < 4.78 is 0. The maximum absolute atomic E-state index is 2.40. The molecule has 14 rings (SSSR count). The van der Waals surface area contributed by atoms with Crippen molar-refractivity contribution in [3.8, 4) is 44.5 Å². The predicted molar refractivity (Wildman–Crippen MR) is 325 cm³/mol. The maximum Gasteiger partial charge on any atom is 0.0540 e. The second kappa shape index (κ2) is 19.1. The Labute approximate surface area is 443 Å². The lowest BCUT2D eigenvalue weighted by atomic mass is 9.76. The van der Waals surface area contributed by atoms with Crippen molar-refractivity contribution in [2.45, 2.75) is 0 Å². The molecule has 0 heterocycles. The number of fused-ring (bicyclic) bond motifs is 8. The van der Waals surface area contributed by atoms with Crippen LogP contribution in [0.4, 0.5) is 34.1 Å². The van der Waals surface area contributed by atoms with Gasteiger partial charge in [-0.25, -0.2) is 0 Å². The van der Waals surface area contributed by atoms with Crippen molar-refractivity contribution < 1.29 is 0 Å². The molecule has 0 saturated carbocycles. The number of para-hydroxylation sites is 2. The van der Waals surface area contributed by atoms with Gasteiger partial charge in [-0.2, -0.15) is 0 Å². The Bertz CT molecular complexity index is 4120. The molecule has 0 aliphatic rings. The second-order valence-corrected chi connectivity index (χ2v) is 19.5. The van der Waals surface area contributed by atoms with E-state index in [0.717, 1.165) is 56.4 Å². The molecule has 0 aromatic heterocycles. The summed E-state index contributed by atoms with van der Waals surface area (Å²) in [4.78, 5) is 4.79. The molecule has 0 saturated heterocycles. The quantitative estimate of drug-likeness (QED) is 0.126. The van der Waals surface area contributed by atoms with E-state index < -0.39 is 0 Å². The Kier molecular flexibility index (Phi) is 11.2. The summed E-state index contributed by atoms with van der Waals surface area (Å²) in [5, 5.41) is 12.2. The fourth-order valence-electron chi connectivity index (χ4n) is 11.9. The van der Waals surface area contributed by atoms with Crippen LogP contribution in [0, 0.1) is 0 Å². The van der Waals surface area contributed by atoms with Crippen molar-refractivity contribution in [2.24, 2.45) is 0 Å². The molecule has 76 heavy (non-hydrogen) atoms. The van der Waals surface area contributed by atoms with Gasteiger partial charge in [-0.15, -0.1) is 0 Å². The molecule has 14 aromatic carbocycles. The Morgan fingerprint density at radius 3 is 0.829 bits per heavy atom. The SMILES string of the molecule is c1ccc(-c2c(-c3ccc(N(c4ccccc4)c4cccc5ccccc45)cc3)c(-c3ccc(N(c4ccccc4)c4cccc5ccccc45)cc3)c(-c3ccccc3)c3c4ccccc4c4ccccc4c23)cc1. The Morgan fingerprint density at radius 2 is 0.447 bits per heavy atom. The number of nitrogens with zero attached hydrogens (tertiary/aromatic N) is 2. The van der Waals surface area contributed by atoms with Gasteiger partial charge in [0.1, 0.15) is 0 Å². The normalized spacial score (nSPS) is 11.4. The molecule has 0 unspecified atom stereocenters. The monoisotopic (exact) mass is 966 g/mol. The molecule has 0 aliphatic carbocycles. The van der Waals surface area contributed by atoms with E-state index in [1.165, 1.54) is 76.1 Å². The highest BCUT2D eigenvalue weighted by molar-refractivity contribution is 6.35. The minimum Gasteiger partial charge on any atom is -0.310 e. The minimum atomic E-state index is 1.08. The third-order valence-electron chi connectivity index (χ3n) is 15.2. The van der Waals surface area contributed by atoms with Crippen LogP contribution in [0.1, 0.15) is 0 Å². The van der Waals surface area contributed by atoms with Gasteiger partial charge in [0.05, 0.1) is 11.4 Å². The number of anilines is 6. The van der Waals surface area contributed by atoms with Gasteiger partial charge in [0.15, 0.2) is 0 Å². The summed E-state index contributed by atoms with van der Waals surface area (Å²) in [6.07, 6.45) is 0. The van der Waals surface area contributed by atoms with Crippen LogP contribution in [0.25, 0.3) is 98.4 Å². The Morgan fingerprint density at radius 1 is 0.171 bits per heavy atom. The van der Waals surface area contributed by atoms with Crippen molar-refractivity contribution in [1.29, 1.82) is 0 Å².